The van der Waals surface area contributed by atoms with Crippen molar-refractivity contribution in [2.75, 3.05) is 7.11 Å². The first-order valence-corrected chi connectivity index (χ1v) is 9.43. The molecule has 7 heteroatoms. The molecule has 0 unspecified atom stereocenters. The lowest BCUT2D eigenvalue weighted by Gasteiger charge is -2.48. The van der Waals surface area contributed by atoms with Gasteiger partial charge in [0, 0.05) is 18.9 Å². The fraction of sp³-hybridized carbons (Fsp3) is 0.444. The van der Waals surface area contributed by atoms with Crippen molar-refractivity contribution < 1.29 is 27.5 Å². The predicted molar refractivity (Wildman–Crippen MR) is 89.7 cm³/mol. The summed E-state index contributed by atoms with van der Waals surface area (Å²) >= 11 is 0. The summed E-state index contributed by atoms with van der Waals surface area (Å²) in [6.45, 7) is 3.42. The van der Waals surface area contributed by atoms with Gasteiger partial charge in [0.05, 0.1) is 23.7 Å². The first-order valence-electron chi connectivity index (χ1n) is 7.95. The zero-order valence-electron chi connectivity index (χ0n) is 14.3. The number of hydrogen-bond donors (Lipinski definition) is 0. The number of ketones is 2. The molecular weight excluding hydrogens is 344 g/mol. The normalized spacial score (nSPS) is 28.9. The number of methoxy groups -OCH3 is 1. The molecule has 1 fully saturated rings. The summed E-state index contributed by atoms with van der Waals surface area (Å²) in [7, 11) is -2.93. The molecule has 3 rings (SSSR count). The van der Waals surface area contributed by atoms with Crippen molar-refractivity contribution >= 4 is 21.4 Å². The Balaban J connectivity index is 2.31. The van der Waals surface area contributed by atoms with E-state index in [-0.39, 0.29) is 29.3 Å². The Labute approximate surface area is 146 Å². The molecule has 0 saturated carbocycles. The number of rotatable bonds is 3. The highest BCUT2D eigenvalue weighted by atomic mass is 32.2. The summed E-state index contributed by atoms with van der Waals surface area (Å²) in [5.41, 5.74) is -0.853. The van der Waals surface area contributed by atoms with Crippen LogP contribution in [0.25, 0.3) is 0 Å². The standard InChI is InChI=1S/C18H20O6S/c1-17(2)11-14(20)18(25(21,22)13-7-5-4-6-8-13)15(23-3)9-12(19)10-16(18)24-17/h4-9,16H,10-11H2,1-3H3/t16-,18-/m1/s1. The minimum absolute atomic E-state index is 0.00560. The third-order valence-corrected chi connectivity index (χ3v) is 7.09. The number of sulfone groups is 1. The van der Waals surface area contributed by atoms with Gasteiger partial charge in [-0.2, -0.15) is 0 Å². The van der Waals surface area contributed by atoms with Gasteiger partial charge in [0.15, 0.2) is 11.6 Å². The summed E-state index contributed by atoms with van der Waals surface area (Å²) in [5.74, 6) is -1.01. The summed E-state index contributed by atoms with van der Waals surface area (Å²) in [5, 5.41) is 0. The van der Waals surface area contributed by atoms with E-state index >= 15 is 0 Å². The van der Waals surface area contributed by atoms with Gasteiger partial charge in [-0.25, -0.2) is 8.42 Å². The molecule has 1 aromatic rings. The Morgan fingerprint density at radius 3 is 2.40 bits per heavy atom. The van der Waals surface area contributed by atoms with E-state index in [1.807, 2.05) is 0 Å². The number of carbonyl (C=O) groups is 2. The second-order valence-electron chi connectivity index (χ2n) is 6.90. The van der Waals surface area contributed by atoms with E-state index in [4.69, 9.17) is 9.47 Å². The van der Waals surface area contributed by atoms with Crippen molar-refractivity contribution in [1.29, 1.82) is 0 Å². The van der Waals surface area contributed by atoms with Crippen molar-refractivity contribution in [3.05, 3.63) is 42.2 Å². The van der Waals surface area contributed by atoms with Crippen LogP contribution in [0, 0.1) is 0 Å². The van der Waals surface area contributed by atoms with E-state index in [0.29, 0.717) is 0 Å². The van der Waals surface area contributed by atoms with Crippen LogP contribution >= 0.6 is 0 Å². The Kier molecular flexibility index (Phi) is 4.12. The third kappa shape index (κ3) is 2.53. The van der Waals surface area contributed by atoms with E-state index in [0.717, 1.165) is 6.08 Å². The molecule has 0 amide bonds. The lowest BCUT2D eigenvalue weighted by atomic mass is 9.78. The Morgan fingerprint density at radius 2 is 1.80 bits per heavy atom. The van der Waals surface area contributed by atoms with Gasteiger partial charge >= 0.3 is 0 Å². The van der Waals surface area contributed by atoms with Gasteiger partial charge in [0.1, 0.15) is 5.76 Å². The fourth-order valence-electron chi connectivity index (χ4n) is 3.64. The van der Waals surface area contributed by atoms with Gasteiger partial charge in [-0.05, 0) is 26.0 Å². The maximum Gasteiger partial charge on any atom is 0.217 e. The minimum Gasteiger partial charge on any atom is -0.499 e. The van der Waals surface area contributed by atoms with Crippen LogP contribution in [0.3, 0.4) is 0 Å². The van der Waals surface area contributed by atoms with Crippen LogP contribution < -0.4 is 0 Å². The summed E-state index contributed by atoms with van der Waals surface area (Å²) < 4.78 is 36.1. The highest BCUT2D eigenvalue weighted by Gasteiger charge is 2.66. The van der Waals surface area contributed by atoms with Crippen molar-refractivity contribution in [1.82, 2.24) is 0 Å². The second kappa shape index (κ2) is 5.78. The lowest BCUT2D eigenvalue weighted by molar-refractivity contribution is -0.160. The quantitative estimate of drug-likeness (QED) is 0.813. The first-order chi connectivity index (χ1) is 11.6. The molecule has 1 heterocycles. The van der Waals surface area contributed by atoms with Crippen LogP contribution in [-0.4, -0.2) is 43.5 Å². The monoisotopic (exact) mass is 364 g/mol. The number of Topliss-reactive ketones (excluding diaryl/α,β-unsaturated/α-hetero) is 1. The van der Waals surface area contributed by atoms with Crippen LogP contribution in [0.2, 0.25) is 0 Å². The molecule has 0 aromatic heterocycles. The highest BCUT2D eigenvalue weighted by molar-refractivity contribution is 7.94. The Hall–Kier alpha value is -1.99. The summed E-state index contributed by atoms with van der Waals surface area (Å²) in [4.78, 5) is 25.2. The Morgan fingerprint density at radius 1 is 1.16 bits per heavy atom. The maximum atomic E-state index is 13.5. The Bertz CT molecular complexity index is 853. The van der Waals surface area contributed by atoms with Crippen LogP contribution in [-0.2, 0) is 28.9 Å². The van der Waals surface area contributed by atoms with Gasteiger partial charge < -0.3 is 9.47 Å². The van der Waals surface area contributed by atoms with Gasteiger partial charge in [-0.15, -0.1) is 0 Å². The maximum absolute atomic E-state index is 13.5. The van der Waals surface area contributed by atoms with Crippen LogP contribution in [0.5, 0.6) is 0 Å². The number of carbonyl (C=O) groups excluding carboxylic acids is 2. The molecule has 1 aromatic carbocycles. The third-order valence-electron chi connectivity index (χ3n) is 4.66. The average Bonchev–Trinajstić information content (AvgIpc) is 2.53. The number of hydrogen-bond acceptors (Lipinski definition) is 6. The highest BCUT2D eigenvalue weighted by Crippen LogP contribution is 2.48. The van der Waals surface area contributed by atoms with Gasteiger partial charge in [-0.1, -0.05) is 18.2 Å². The largest absolute Gasteiger partial charge is 0.499 e. The number of benzene rings is 1. The van der Waals surface area contributed by atoms with E-state index in [2.05, 4.69) is 0 Å². The zero-order valence-corrected chi connectivity index (χ0v) is 15.1. The molecule has 2 atom stereocenters. The van der Waals surface area contributed by atoms with Crippen molar-refractivity contribution in [2.24, 2.45) is 0 Å². The zero-order chi connectivity index (χ0) is 18.5. The molecule has 1 aliphatic heterocycles. The van der Waals surface area contributed by atoms with E-state index in [1.165, 1.54) is 19.2 Å². The molecular formula is C18H20O6S. The lowest BCUT2D eigenvalue weighted by Crippen LogP contribution is -2.66. The molecule has 25 heavy (non-hydrogen) atoms. The van der Waals surface area contributed by atoms with Crippen molar-refractivity contribution in [3.8, 4) is 0 Å². The summed E-state index contributed by atoms with van der Waals surface area (Å²) in [6.07, 6.45) is -0.295. The second-order valence-corrected chi connectivity index (χ2v) is 9.02. The van der Waals surface area contributed by atoms with Gasteiger partial charge in [0.2, 0.25) is 14.6 Å². The number of ether oxygens (including phenoxy) is 2. The molecule has 2 aliphatic rings. The van der Waals surface area contributed by atoms with Crippen LogP contribution in [0.1, 0.15) is 26.7 Å². The molecule has 0 N–H and O–H groups in total. The molecule has 0 bridgehead atoms. The van der Waals surface area contributed by atoms with Crippen molar-refractivity contribution in [2.45, 2.75) is 48.0 Å². The van der Waals surface area contributed by atoms with Crippen LogP contribution in [0.4, 0.5) is 0 Å². The summed E-state index contributed by atoms with van der Waals surface area (Å²) in [6, 6.07) is 7.71. The van der Waals surface area contributed by atoms with Crippen molar-refractivity contribution in [3.63, 3.8) is 0 Å². The molecule has 1 aliphatic carbocycles. The number of fused-ring (bicyclic) bond motifs is 1. The average molecular weight is 364 g/mol. The van der Waals surface area contributed by atoms with E-state index < -0.39 is 32.1 Å². The minimum atomic E-state index is -4.19. The first kappa shape index (κ1) is 17.8. The molecule has 0 spiro atoms. The molecule has 134 valence electrons. The van der Waals surface area contributed by atoms with Crippen LogP contribution in [0.15, 0.2) is 47.1 Å². The molecule has 1 saturated heterocycles. The smallest absolute Gasteiger partial charge is 0.217 e. The predicted octanol–water partition coefficient (Wildman–Crippen LogP) is 1.84. The van der Waals surface area contributed by atoms with E-state index in [9.17, 15) is 18.0 Å². The topological polar surface area (TPSA) is 86.7 Å². The number of allylic oxidation sites excluding steroid dienone is 1. The van der Waals surface area contributed by atoms with Gasteiger partial charge in [0.25, 0.3) is 0 Å². The fourth-order valence-corrected chi connectivity index (χ4v) is 5.78. The van der Waals surface area contributed by atoms with E-state index in [1.54, 1.807) is 32.0 Å². The SMILES string of the molecule is COC1=CC(=O)C[C@H]2OC(C)(C)CC(=O)[C@@]12S(=O)(=O)c1ccccc1. The van der Waals surface area contributed by atoms with Gasteiger partial charge in [-0.3, -0.25) is 9.59 Å². The molecule has 6 nitrogen and oxygen atoms in total. The molecule has 0 radical (unpaired) electrons.